The van der Waals surface area contributed by atoms with Crippen molar-refractivity contribution in [1.29, 1.82) is 0 Å². The van der Waals surface area contributed by atoms with E-state index in [1.807, 2.05) is 0 Å². The number of hydrogen-bond donors (Lipinski definition) is 0. The molecule has 0 aromatic heterocycles. The fourth-order valence-corrected chi connectivity index (χ4v) is 0.646. The van der Waals surface area contributed by atoms with E-state index in [0.29, 0.717) is 5.57 Å². The average Bonchev–Trinajstić information content (AvgIpc) is 2.03. The number of allylic oxidation sites excluding steroid dienone is 3. The first-order chi connectivity index (χ1) is 5.61. The molecule has 66 valence electrons. The van der Waals surface area contributed by atoms with Crippen LogP contribution in [0.1, 0.15) is 13.8 Å². The molecule has 0 heterocycles. The minimum Gasteiger partial charge on any atom is -0.466 e. The van der Waals surface area contributed by atoms with Crippen LogP contribution in [-0.4, -0.2) is 18.9 Å². The summed E-state index contributed by atoms with van der Waals surface area (Å²) >= 11 is 0. The summed E-state index contributed by atoms with van der Waals surface area (Å²) in [5.41, 5.74) is 0.306. The van der Waals surface area contributed by atoms with Gasteiger partial charge < -0.3 is 4.74 Å². The summed E-state index contributed by atoms with van der Waals surface area (Å²) in [6.45, 7) is 3.27. The standard InChI is InChI=1S/C9H12O3/c1-4-5-8(10)6-7(2)9(11)12-3/h4-6H,1-3H3. The molecule has 0 atom stereocenters. The van der Waals surface area contributed by atoms with Crippen molar-refractivity contribution in [3.63, 3.8) is 0 Å². The number of rotatable bonds is 3. The number of ether oxygens (including phenoxy) is 1. The van der Waals surface area contributed by atoms with Gasteiger partial charge in [0.2, 0.25) is 0 Å². The van der Waals surface area contributed by atoms with Crippen LogP contribution < -0.4 is 0 Å². The van der Waals surface area contributed by atoms with Gasteiger partial charge >= 0.3 is 5.97 Å². The maximum Gasteiger partial charge on any atom is 0.333 e. The van der Waals surface area contributed by atoms with Crippen molar-refractivity contribution >= 4 is 11.8 Å². The summed E-state index contributed by atoms with van der Waals surface area (Å²) in [4.78, 5) is 21.7. The highest BCUT2D eigenvalue weighted by Gasteiger charge is 2.03. The maximum absolute atomic E-state index is 10.9. The van der Waals surface area contributed by atoms with E-state index in [9.17, 15) is 9.59 Å². The molecule has 0 saturated carbocycles. The Bertz CT molecular complexity index is 236. The number of methoxy groups -OCH3 is 1. The molecule has 0 unspecified atom stereocenters. The zero-order valence-corrected chi connectivity index (χ0v) is 7.46. The van der Waals surface area contributed by atoms with E-state index in [1.165, 1.54) is 26.2 Å². The van der Waals surface area contributed by atoms with E-state index >= 15 is 0 Å². The molecule has 12 heavy (non-hydrogen) atoms. The van der Waals surface area contributed by atoms with E-state index in [2.05, 4.69) is 4.74 Å². The highest BCUT2D eigenvalue weighted by molar-refractivity contribution is 6.04. The van der Waals surface area contributed by atoms with Gasteiger partial charge in [-0.15, -0.1) is 0 Å². The smallest absolute Gasteiger partial charge is 0.333 e. The van der Waals surface area contributed by atoms with Crippen LogP contribution in [0.25, 0.3) is 0 Å². The van der Waals surface area contributed by atoms with Crippen molar-refractivity contribution in [2.45, 2.75) is 13.8 Å². The van der Waals surface area contributed by atoms with Crippen LogP contribution in [0.4, 0.5) is 0 Å². The van der Waals surface area contributed by atoms with Gasteiger partial charge in [0, 0.05) is 5.57 Å². The number of hydrogen-bond acceptors (Lipinski definition) is 3. The Morgan fingerprint density at radius 1 is 1.33 bits per heavy atom. The normalized spacial score (nSPS) is 11.8. The number of carbonyl (C=O) groups is 2. The van der Waals surface area contributed by atoms with Gasteiger partial charge in [0.15, 0.2) is 5.78 Å². The predicted octanol–water partition coefficient (Wildman–Crippen LogP) is 1.25. The second-order valence-corrected chi connectivity index (χ2v) is 2.22. The van der Waals surface area contributed by atoms with E-state index in [-0.39, 0.29) is 5.78 Å². The maximum atomic E-state index is 10.9. The van der Waals surface area contributed by atoms with Gasteiger partial charge in [-0.2, -0.15) is 0 Å². The summed E-state index contributed by atoms with van der Waals surface area (Å²) in [5, 5.41) is 0. The molecule has 0 aromatic carbocycles. The minimum atomic E-state index is -0.479. The lowest BCUT2D eigenvalue weighted by Crippen LogP contribution is -2.03. The molecule has 0 rings (SSSR count). The lowest BCUT2D eigenvalue weighted by Gasteiger charge is -1.95. The predicted molar refractivity (Wildman–Crippen MR) is 45.6 cm³/mol. The summed E-state index contributed by atoms with van der Waals surface area (Å²) in [5.74, 6) is -0.687. The molecular weight excluding hydrogens is 156 g/mol. The fraction of sp³-hybridized carbons (Fsp3) is 0.333. The highest BCUT2D eigenvalue weighted by Crippen LogP contribution is 1.96. The molecule has 3 nitrogen and oxygen atoms in total. The van der Waals surface area contributed by atoms with E-state index in [4.69, 9.17) is 0 Å². The molecule has 0 saturated heterocycles. The van der Waals surface area contributed by atoms with Crippen LogP contribution in [-0.2, 0) is 14.3 Å². The van der Waals surface area contributed by atoms with Crippen molar-refractivity contribution in [2.75, 3.05) is 7.11 Å². The van der Waals surface area contributed by atoms with Crippen LogP contribution in [0.15, 0.2) is 23.8 Å². The van der Waals surface area contributed by atoms with Crippen LogP contribution in [0, 0.1) is 0 Å². The van der Waals surface area contributed by atoms with Crippen molar-refractivity contribution in [3.05, 3.63) is 23.8 Å². The molecule has 0 amide bonds. The highest BCUT2D eigenvalue weighted by atomic mass is 16.5. The Labute approximate surface area is 71.7 Å². The Kier molecular flexibility index (Phi) is 4.69. The second-order valence-electron chi connectivity index (χ2n) is 2.22. The van der Waals surface area contributed by atoms with Crippen LogP contribution in [0.2, 0.25) is 0 Å². The number of esters is 1. The molecule has 0 aromatic rings. The van der Waals surface area contributed by atoms with E-state index < -0.39 is 5.97 Å². The first kappa shape index (κ1) is 10.6. The number of ketones is 1. The first-order valence-corrected chi connectivity index (χ1v) is 3.55. The average molecular weight is 168 g/mol. The lowest BCUT2D eigenvalue weighted by molar-refractivity contribution is -0.136. The van der Waals surface area contributed by atoms with Crippen molar-refractivity contribution in [2.24, 2.45) is 0 Å². The molecule has 0 bridgehead atoms. The third-order valence-corrected chi connectivity index (χ3v) is 1.20. The van der Waals surface area contributed by atoms with Gasteiger partial charge in [-0.3, -0.25) is 4.79 Å². The van der Waals surface area contributed by atoms with Gasteiger partial charge in [-0.1, -0.05) is 6.08 Å². The quantitative estimate of drug-likeness (QED) is 0.470. The Morgan fingerprint density at radius 3 is 2.33 bits per heavy atom. The van der Waals surface area contributed by atoms with Crippen LogP contribution in [0.5, 0.6) is 0 Å². The third-order valence-electron chi connectivity index (χ3n) is 1.20. The van der Waals surface area contributed by atoms with Gasteiger partial charge in [0.05, 0.1) is 7.11 Å². The molecule has 3 heteroatoms. The third kappa shape index (κ3) is 3.71. The molecular formula is C9H12O3. The topological polar surface area (TPSA) is 43.4 Å². The lowest BCUT2D eigenvalue weighted by atomic mass is 10.2. The van der Waals surface area contributed by atoms with Gasteiger partial charge in [-0.05, 0) is 26.0 Å². The zero-order valence-electron chi connectivity index (χ0n) is 7.46. The molecule has 0 aliphatic carbocycles. The Morgan fingerprint density at radius 2 is 1.92 bits per heavy atom. The van der Waals surface area contributed by atoms with Crippen molar-refractivity contribution in [1.82, 2.24) is 0 Å². The summed E-state index contributed by atoms with van der Waals surface area (Å²) in [6.07, 6.45) is 4.24. The van der Waals surface area contributed by atoms with E-state index in [1.54, 1.807) is 13.0 Å². The number of carbonyl (C=O) groups excluding carboxylic acids is 2. The van der Waals surface area contributed by atoms with E-state index in [0.717, 1.165) is 0 Å². The summed E-state index contributed by atoms with van der Waals surface area (Å²) < 4.78 is 4.41. The monoisotopic (exact) mass is 168 g/mol. The Balaban J connectivity index is 4.35. The molecule has 0 radical (unpaired) electrons. The SMILES string of the molecule is CC=CC(=O)C=C(C)C(=O)OC. The minimum absolute atomic E-state index is 0.208. The van der Waals surface area contributed by atoms with Crippen molar-refractivity contribution in [3.8, 4) is 0 Å². The fourth-order valence-electron chi connectivity index (χ4n) is 0.646. The molecule has 0 aliphatic rings. The van der Waals surface area contributed by atoms with Crippen LogP contribution in [0.3, 0.4) is 0 Å². The summed E-state index contributed by atoms with van der Waals surface area (Å²) in [6, 6.07) is 0. The molecule has 0 aliphatic heterocycles. The largest absolute Gasteiger partial charge is 0.466 e. The van der Waals surface area contributed by atoms with Crippen LogP contribution >= 0.6 is 0 Å². The van der Waals surface area contributed by atoms with Gasteiger partial charge in [0.1, 0.15) is 0 Å². The Hall–Kier alpha value is -1.38. The zero-order chi connectivity index (χ0) is 9.56. The molecule has 0 fully saturated rings. The first-order valence-electron chi connectivity index (χ1n) is 3.55. The second kappa shape index (κ2) is 5.29. The van der Waals surface area contributed by atoms with Gasteiger partial charge in [0.25, 0.3) is 0 Å². The van der Waals surface area contributed by atoms with Gasteiger partial charge in [-0.25, -0.2) is 4.79 Å². The molecule has 0 spiro atoms. The molecule has 0 N–H and O–H groups in total. The van der Waals surface area contributed by atoms with Crippen molar-refractivity contribution < 1.29 is 14.3 Å². The summed E-state index contributed by atoms with van der Waals surface area (Å²) in [7, 11) is 1.28.